The summed E-state index contributed by atoms with van der Waals surface area (Å²) in [4.78, 5) is 31.8. The van der Waals surface area contributed by atoms with Crippen molar-refractivity contribution in [1.82, 2.24) is 24.4 Å². The molecule has 0 spiro atoms. The number of rotatable bonds is 9. The highest BCUT2D eigenvalue weighted by Gasteiger charge is 2.22. The predicted octanol–water partition coefficient (Wildman–Crippen LogP) is 3.94. The van der Waals surface area contributed by atoms with Gasteiger partial charge in [-0.25, -0.2) is 4.52 Å². The molecule has 7 nitrogen and oxygen atoms in total. The van der Waals surface area contributed by atoms with Crippen LogP contribution in [0.25, 0.3) is 16.6 Å². The molecule has 0 aliphatic carbocycles. The first-order valence-electron chi connectivity index (χ1n) is 11.9. The molecule has 2 aromatic heterocycles. The zero-order chi connectivity index (χ0) is 24.2. The number of hydrogen-bond acceptors (Lipinski definition) is 4. The minimum atomic E-state index is -0.462. The van der Waals surface area contributed by atoms with Crippen molar-refractivity contribution < 1.29 is 4.79 Å². The fourth-order valence-corrected chi connectivity index (χ4v) is 4.48. The van der Waals surface area contributed by atoms with Gasteiger partial charge in [0.1, 0.15) is 6.04 Å². The van der Waals surface area contributed by atoms with Crippen LogP contribution in [0.15, 0.2) is 65.5 Å². The fourth-order valence-electron chi connectivity index (χ4n) is 4.48. The molecule has 1 unspecified atom stereocenters. The molecule has 4 rings (SSSR count). The van der Waals surface area contributed by atoms with Gasteiger partial charge in [-0.15, -0.1) is 0 Å². The molecule has 178 valence electrons. The van der Waals surface area contributed by atoms with Gasteiger partial charge >= 0.3 is 0 Å². The number of carbonyl (C=O) groups excluding carboxylic acids is 1. The van der Waals surface area contributed by atoms with Crippen LogP contribution in [0.3, 0.4) is 0 Å². The number of fused-ring (bicyclic) bond motifs is 3. The minimum Gasteiger partial charge on any atom is -0.354 e. The Balaban J connectivity index is 1.45. The van der Waals surface area contributed by atoms with Gasteiger partial charge in [0.05, 0.1) is 5.52 Å². The van der Waals surface area contributed by atoms with Gasteiger partial charge < -0.3 is 5.32 Å². The highest BCUT2D eigenvalue weighted by molar-refractivity contribution is 5.94. The van der Waals surface area contributed by atoms with E-state index in [-0.39, 0.29) is 11.5 Å². The number of carbonyl (C=O) groups is 1. The molecule has 0 aliphatic heterocycles. The van der Waals surface area contributed by atoms with Crippen molar-refractivity contribution >= 4 is 22.5 Å². The molecule has 2 heterocycles. The second-order valence-electron chi connectivity index (χ2n) is 9.10. The van der Waals surface area contributed by atoms with E-state index in [1.165, 1.54) is 11.6 Å². The molecule has 1 N–H and O–H groups in total. The van der Waals surface area contributed by atoms with Crippen LogP contribution in [0.2, 0.25) is 0 Å². The summed E-state index contributed by atoms with van der Waals surface area (Å²) in [6.45, 7) is 10.6. The summed E-state index contributed by atoms with van der Waals surface area (Å²) in [5, 5.41) is 3.97. The van der Waals surface area contributed by atoms with Crippen LogP contribution < -0.4 is 10.9 Å². The largest absolute Gasteiger partial charge is 0.354 e. The summed E-state index contributed by atoms with van der Waals surface area (Å²) in [6.07, 6.45) is 0.865. The lowest BCUT2D eigenvalue weighted by Crippen LogP contribution is -2.36. The van der Waals surface area contributed by atoms with Gasteiger partial charge in [0.2, 0.25) is 5.91 Å². The Morgan fingerprint density at radius 1 is 1.06 bits per heavy atom. The summed E-state index contributed by atoms with van der Waals surface area (Å²) >= 11 is 0. The third-order valence-corrected chi connectivity index (χ3v) is 6.32. The highest BCUT2D eigenvalue weighted by Crippen LogP contribution is 2.25. The third-order valence-electron chi connectivity index (χ3n) is 6.32. The van der Waals surface area contributed by atoms with Crippen molar-refractivity contribution in [3.63, 3.8) is 0 Å². The van der Waals surface area contributed by atoms with Gasteiger partial charge in [-0.1, -0.05) is 42.5 Å². The van der Waals surface area contributed by atoms with Crippen LogP contribution in [-0.2, 0) is 11.3 Å². The molecular formula is C27H33N5O2. The van der Waals surface area contributed by atoms with Crippen LogP contribution in [0.1, 0.15) is 44.5 Å². The lowest BCUT2D eigenvalue weighted by atomic mass is 10.2. The van der Waals surface area contributed by atoms with E-state index in [9.17, 15) is 9.59 Å². The van der Waals surface area contributed by atoms with E-state index in [1.54, 1.807) is 0 Å². The molecule has 34 heavy (non-hydrogen) atoms. The molecule has 0 bridgehead atoms. The number of aryl methyl sites for hydroxylation is 1. The molecule has 0 saturated carbocycles. The summed E-state index contributed by atoms with van der Waals surface area (Å²) in [5.41, 5.74) is 3.22. The van der Waals surface area contributed by atoms with Gasteiger partial charge in [0.25, 0.3) is 5.56 Å². The Morgan fingerprint density at radius 3 is 2.50 bits per heavy atom. The Hall–Kier alpha value is -3.45. The normalized spacial score (nSPS) is 12.6. The lowest BCUT2D eigenvalue weighted by Gasteiger charge is -2.26. The zero-order valence-electron chi connectivity index (χ0n) is 20.4. The monoisotopic (exact) mass is 459 g/mol. The number of nitrogens with zero attached hydrogens (tertiary/aromatic N) is 4. The summed E-state index contributed by atoms with van der Waals surface area (Å²) in [5.74, 6) is -0.0556. The topological polar surface area (TPSA) is 71.6 Å². The standard InChI is InChI=1S/C27H33N5O2/c1-19(2)30(18-22-11-6-5-7-12-22)16-10-15-28-27(34)21(4)32-24-14-9-8-13-23(24)26-29-25(33)17-20(3)31(26)32/h5-9,11-14,17,19,21H,10,15-16,18H2,1-4H3,(H,28,34). The third kappa shape index (κ3) is 4.89. The Labute approximate surface area is 200 Å². The summed E-state index contributed by atoms with van der Waals surface area (Å²) < 4.78 is 3.80. The molecule has 0 saturated heterocycles. The van der Waals surface area contributed by atoms with Crippen molar-refractivity contribution in [2.45, 2.75) is 52.7 Å². The number of benzene rings is 2. The quantitative estimate of drug-likeness (QED) is 0.385. The smallest absolute Gasteiger partial charge is 0.273 e. The molecule has 1 atom stereocenters. The van der Waals surface area contributed by atoms with Crippen LogP contribution in [0.4, 0.5) is 0 Å². The van der Waals surface area contributed by atoms with Gasteiger partial charge in [0.15, 0.2) is 5.65 Å². The Bertz CT molecular complexity index is 1340. The average Bonchev–Trinajstić information content (AvgIpc) is 3.15. The SMILES string of the molecule is Cc1cc(=O)nc2c3ccccc3n(C(C)C(=O)NCCCN(Cc3ccccc3)C(C)C)n12. The highest BCUT2D eigenvalue weighted by atomic mass is 16.2. The Morgan fingerprint density at radius 2 is 1.76 bits per heavy atom. The number of aromatic nitrogens is 3. The van der Waals surface area contributed by atoms with Crippen LogP contribution >= 0.6 is 0 Å². The van der Waals surface area contributed by atoms with Crippen LogP contribution in [0, 0.1) is 6.92 Å². The first kappa shape index (κ1) is 23.7. The second kappa shape index (κ2) is 10.2. The van der Waals surface area contributed by atoms with Gasteiger partial charge in [-0.3, -0.25) is 19.2 Å². The fraction of sp³-hybridized carbons (Fsp3) is 0.370. The molecule has 7 heteroatoms. The van der Waals surface area contributed by atoms with E-state index in [2.05, 4.69) is 53.3 Å². The van der Waals surface area contributed by atoms with E-state index in [1.807, 2.05) is 53.4 Å². The molecule has 1 amide bonds. The first-order chi connectivity index (χ1) is 16.4. The second-order valence-corrected chi connectivity index (χ2v) is 9.10. The van der Waals surface area contributed by atoms with Crippen molar-refractivity contribution in [2.75, 3.05) is 13.1 Å². The first-order valence-corrected chi connectivity index (χ1v) is 11.9. The molecular weight excluding hydrogens is 426 g/mol. The van der Waals surface area contributed by atoms with E-state index >= 15 is 0 Å². The van der Waals surface area contributed by atoms with Crippen molar-refractivity contribution in [2.24, 2.45) is 0 Å². The maximum Gasteiger partial charge on any atom is 0.273 e. The van der Waals surface area contributed by atoms with Gasteiger partial charge in [-0.2, -0.15) is 4.98 Å². The van der Waals surface area contributed by atoms with Gasteiger partial charge in [-0.05, 0) is 51.8 Å². The molecule has 0 radical (unpaired) electrons. The number of nitrogens with one attached hydrogen (secondary N) is 1. The summed E-state index contributed by atoms with van der Waals surface area (Å²) in [6, 6.07) is 19.7. The molecule has 4 aromatic rings. The van der Waals surface area contributed by atoms with E-state index in [0.29, 0.717) is 18.2 Å². The van der Waals surface area contributed by atoms with Crippen molar-refractivity contribution in [1.29, 1.82) is 0 Å². The maximum atomic E-state index is 13.1. The molecule has 0 fully saturated rings. The molecule has 2 aromatic carbocycles. The van der Waals surface area contributed by atoms with E-state index < -0.39 is 6.04 Å². The van der Waals surface area contributed by atoms with Gasteiger partial charge in [0, 0.05) is 42.8 Å². The van der Waals surface area contributed by atoms with Crippen molar-refractivity contribution in [3.05, 3.63) is 82.3 Å². The number of hydrogen-bond donors (Lipinski definition) is 1. The lowest BCUT2D eigenvalue weighted by molar-refractivity contribution is -0.124. The maximum absolute atomic E-state index is 13.1. The predicted molar refractivity (Wildman–Crippen MR) is 136 cm³/mol. The zero-order valence-corrected chi connectivity index (χ0v) is 20.4. The van der Waals surface area contributed by atoms with Crippen molar-refractivity contribution in [3.8, 4) is 0 Å². The Kier molecular flexibility index (Phi) is 7.12. The average molecular weight is 460 g/mol. The number of para-hydroxylation sites is 1. The minimum absolute atomic E-state index is 0.0556. The number of amides is 1. The van der Waals surface area contributed by atoms with E-state index in [4.69, 9.17) is 0 Å². The summed E-state index contributed by atoms with van der Waals surface area (Å²) in [7, 11) is 0. The van der Waals surface area contributed by atoms with E-state index in [0.717, 1.165) is 36.1 Å². The molecule has 0 aliphatic rings. The van der Waals surface area contributed by atoms with Crippen LogP contribution in [0.5, 0.6) is 0 Å². The van der Waals surface area contributed by atoms with Crippen LogP contribution in [-0.4, -0.2) is 44.1 Å².